The van der Waals surface area contributed by atoms with Gasteiger partial charge < -0.3 is 9.84 Å². The predicted octanol–water partition coefficient (Wildman–Crippen LogP) is 1.93. The first kappa shape index (κ1) is 10.1. The molecule has 0 aliphatic carbocycles. The SMILES string of the molecule is COc1cc(C(=O)O)c(F)cc1N=O. The molecule has 14 heavy (non-hydrogen) atoms. The summed E-state index contributed by atoms with van der Waals surface area (Å²) in [5.41, 5.74) is -0.829. The smallest absolute Gasteiger partial charge is 0.338 e. The van der Waals surface area contributed by atoms with E-state index in [1.54, 1.807) is 0 Å². The number of rotatable bonds is 3. The van der Waals surface area contributed by atoms with E-state index >= 15 is 0 Å². The number of carbonyl (C=O) groups is 1. The molecule has 0 saturated heterocycles. The van der Waals surface area contributed by atoms with Crippen LogP contribution in [0.2, 0.25) is 0 Å². The molecule has 6 heteroatoms. The Labute approximate surface area is 78.1 Å². The standard InChI is InChI=1S/C8H6FNO4/c1-14-7-2-4(8(11)12)5(9)3-6(7)10-13/h2-3H,1H3,(H,11,12). The predicted molar refractivity (Wildman–Crippen MR) is 45.4 cm³/mol. The van der Waals surface area contributed by atoms with E-state index in [0.29, 0.717) is 0 Å². The molecule has 0 saturated carbocycles. The van der Waals surface area contributed by atoms with Crippen molar-refractivity contribution in [2.24, 2.45) is 5.18 Å². The van der Waals surface area contributed by atoms with Crippen molar-refractivity contribution in [2.75, 3.05) is 7.11 Å². The third-order valence-corrected chi connectivity index (χ3v) is 1.60. The van der Waals surface area contributed by atoms with E-state index in [2.05, 4.69) is 9.91 Å². The quantitative estimate of drug-likeness (QED) is 0.754. The van der Waals surface area contributed by atoms with Crippen LogP contribution in [0, 0.1) is 10.7 Å². The molecular weight excluding hydrogens is 193 g/mol. The molecule has 0 radical (unpaired) electrons. The van der Waals surface area contributed by atoms with Crippen LogP contribution in [0.15, 0.2) is 17.3 Å². The Morgan fingerprint density at radius 2 is 2.21 bits per heavy atom. The minimum Gasteiger partial charge on any atom is -0.494 e. The summed E-state index contributed by atoms with van der Waals surface area (Å²) in [6.07, 6.45) is 0. The minimum absolute atomic E-state index is 0.0706. The van der Waals surface area contributed by atoms with E-state index in [4.69, 9.17) is 5.11 Å². The molecule has 0 amide bonds. The zero-order valence-electron chi connectivity index (χ0n) is 7.15. The summed E-state index contributed by atoms with van der Waals surface area (Å²) in [6.45, 7) is 0. The zero-order valence-corrected chi connectivity index (χ0v) is 7.15. The number of halogens is 1. The maximum absolute atomic E-state index is 13.0. The average molecular weight is 199 g/mol. The number of ether oxygens (including phenoxy) is 1. The molecule has 0 unspecified atom stereocenters. The first-order chi connectivity index (χ1) is 6.60. The Hall–Kier alpha value is -1.98. The number of benzene rings is 1. The largest absolute Gasteiger partial charge is 0.494 e. The van der Waals surface area contributed by atoms with Crippen molar-refractivity contribution in [2.45, 2.75) is 0 Å². The molecule has 0 aliphatic heterocycles. The molecule has 0 heterocycles. The van der Waals surface area contributed by atoms with Gasteiger partial charge in [0.25, 0.3) is 0 Å². The van der Waals surface area contributed by atoms with Crippen LogP contribution in [0.5, 0.6) is 5.75 Å². The number of methoxy groups -OCH3 is 1. The highest BCUT2D eigenvalue weighted by molar-refractivity contribution is 5.89. The van der Waals surface area contributed by atoms with Crippen LogP contribution in [0.1, 0.15) is 10.4 Å². The fourth-order valence-corrected chi connectivity index (χ4v) is 0.942. The normalized spacial score (nSPS) is 9.57. The van der Waals surface area contributed by atoms with Crippen molar-refractivity contribution >= 4 is 11.7 Å². The van der Waals surface area contributed by atoms with Gasteiger partial charge in [0, 0.05) is 6.07 Å². The second kappa shape index (κ2) is 3.82. The van der Waals surface area contributed by atoms with Gasteiger partial charge in [-0.3, -0.25) is 0 Å². The van der Waals surface area contributed by atoms with Gasteiger partial charge in [-0.15, -0.1) is 4.91 Å². The number of carboxylic acids is 1. The highest BCUT2D eigenvalue weighted by Crippen LogP contribution is 2.29. The molecule has 0 aromatic heterocycles. The van der Waals surface area contributed by atoms with Crippen LogP contribution in [-0.2, 0) is 0 Å². The number of hydrogen-bond donors (Lipinski definition) is 1. The van der Waals surface area contributed by atoms with Crippen LogP contribution >= 0.6 is 0 Å². The first-order valence-corrected chi connectivity index (χ1v) is 3.54. The maximum atomic E-state index is 13.0. The zero-order chi connectivity index (χ0) is 10.7. The molecule has 5 nitrogen and oxygen atoms in total. The van der Waals surface area contributed by atoms with Crippen molar-refractivity contribution in [1.82, 2.24) is 0 Å². The average Bonchev–Trinajstić information content (AvgIpc) is 2.16. The molecule has 0 aliphatic rings. The van der Waals surface area contributed by atoms with E-state index in [-0.39, 0.29) is 11.4 Å². The monoisotopic (exact) mass is 199 g/mol. The molecule has 1 aromatic carbocycles. The minimum atomic E-state index is -1.43. The Morgan fingerprint density at radius 1 is 1.57 bits per heavy atom. The van der Waals surface area contributed by atoms with Crippen LogP contribution in [0.3, 0.4) is 0 Å². The van der Waals surface area contributed by atoms with Crippen LogP contribution in [-0.4, -0.2) is 18.2 Å². The molecule has 0 fully saturated rings. The lowest BCUT2D eigenvalue weighted by Crippen LogP contribution is -2.01. The number of hydrogen-bond acceptors (Lipinski definition) is 4. The summed E-state index contributed by atoms with van der Waals surface area (Å²) < 4.78 is 17.6. The Morgan fingerprint density at radius 3 is 2.64 bits per heavy atom. The van der Waals surface area contributed by atoms with Crippen molar-refractivity contribution in [3.8, 4) is 5.75 Å². The summed E-state index contributed by atoms with van der Waals surface area (Å²) in [5.74, 6) is -2.52. The van der Waals surface area contributed by atoms with Crippen molar-refractivity contribution in [3.05, 3.63) is 28.4 Å². The molecule has 1 rings (SSSR count). The lowest BCUT2D eigenvalue weighted by Gasteiger charge is -2.04. The second-order valence-electron chi connectivity index (χ2n) is 2.40. The van der Waals surface area contributed by atoms with Gasteiger partial charge in [0.1, 0.15) is 11.6 Å². The number of aromatic carboxylic acids is 1. The molecule has 0 atom stereocenters. The summed E-state index contributed by atoms with van der Waals surface area (Å²) in [5, 5.41) is 11.0. The van der Waals surface area contributed by atoms with Gasteiger partial charge in [0.05, 0.1) is 12.7 Å². The Kier molecular flexibility index (Phi) is 2.76. The van der Waals surface area contributed by atoms with Gasteiger partial charge >= 0.3 is 5.97 Å². The van der Waals surface area contributed by atoms with Crippen molar-refractivity contribution in [3.63, 3.8) is 0 Å². The van der Waals surface area contributed by atoms with Gasteiger partial charge in [0.15, 0.2) is 5.69 Å². The van der Waals surface area contributed by atoms with Gasteiger partial charge in [-0.1, -0.05) is 0 Å². The third-order valence-electron chi connectivity index (χ3n) is 1.60. The fraction of sp³-hybridized carbons (Fsp3) is 0.125. The molecule has 0 bridgehead atoms. The highest BCUT2D eigenvalue weighted by atomic mass is 19.1. The molecule has 1 N–H and O–H groups in total. The second-order valence-corrected chi connectivity index (χ2v) is 2.40. The lowest BCUT2D eigenvalue weighted by atomic mass is 10.2. The fourth-order valence-electron chi connectivity index (χ4n) is 0.942. The van der Waals surface area contributed by atoms with Crippen LogP contribution in [0.25, 0.3) is 0 Å². The molecule has 1 aromatic rings. The van der Waals surface area contributed by atoms with Gasteiger partial charge in [0.2, 0.25) is 0 Å². The number of nitrogens with zero attached hydrogens (tertiary/aromatic N) is 1. The number of carboxylic acid groups (broad SMARTS) is 1. The van der Waals surface area contributed by atoms with Gasteiger partial charge in [-0.25, -0.2) is 9.18 Å². The van der Waals surface area contributed by atoms with E-state index in [0.717, 1.165) is 12.1 Å². The molecular formula is C8H6FNO4. The van der Waals surface area contributed by atoms with Crippen molar-refractivity contribution < 1.29 is 19.0 Å². The summed E-state index contributed by atoms with van der Waals surface area (Å²) in [6, 6.07) is 1.63. The van der Waals surface area contributed by atoms with E-state index in [9.17, 15) is 14.1 Å². The van der Waals surface area contributed by atoms with Crippen molar-refractivity contribution in [1.29, 1.82) is 0 Å². The Balaban J connectivity index is 3.37. The van der Waals surface area contributed by atoms with E-state index in [1.165, 1.54) is 7.11 Å². The number of nitroso groups, excluding NO2 is 1. The topological polar surface area (TPSA) is 76.0 Å². The maximum Gasteiger partial charge on any atom is 0.338 e. The van der Waals surface area contributed by atoms with Gasteiger partial charge in [-0.05, 0) is 11.2 Å². The summed E-state index contributed by atoms with van der Waals surface area (Å²) in [7, 11) is 1.23. The summed E-state index contributed by atoms with van der Waals surface area (Å²) >= 11 is 0. The molecule has 0 spiro atoms. The third kappa shape index (κ3) is 1.68. The first-order valence-electron chi connectivity index (χ1n) is 3.54. The highest BCUT2D eigenvalue weighted by Gasteiger charge is 2.15. The Bertz CT molecular complexity index is 391. The van der Waals surface area contributed by atoms with Gasteiger partial charge in [-0.2, -0.15) is 0 Å². The van der Waals surface area contributed by atoms with E-state index < -0.39 is 17.3 Å². The summed E-state index contributed by atoms with van der Waals surface area (Å²) in [4.78, 5) is 20.7. The molecule has 74 valence electrons. The van der Waals surface area contributed by atoms with Crippen LogP contribution < -0.4 is 4.74 Å². The van der Waals surface area contributed by atoms with E-state index in [1.807, 2.05) is 0 Å². The van der Waals surface area contributed by atoms with Crippen LogP contribution in [0.4, 0.5) is 10.1 Å². The lowest BCUT2D eigenvalue weighted by molar-refractivity contribution is 0.0691.